The van der Waals surface area contributed by atoms with E-state index in [2.05, 4.69) is 4.98 Å². The molecule has 2 amide bonds. The van der Waals surface area contributed by atoms with Crippen LogP contribution in [0.15, 0.2) is 17.5 Å². The third kappa shape index (κ3) is 2.62. The zero-order valence-electron chi connectivity index (χ0n) is 9.33. The molecule has 6 nitrogen and oxygen atoms in total. The van der Waals surface area contributed by atoms with Crippen molar-refractivity contribution in [2.24, 2.45) is 0 Å². The molecule has 18 heavy (non-hydrogen) atoms. The van der Waals surface area contributed by atoms with E-state index in [0.717, 1.165) is 4.90 Å². The van der Waals surface area contributed by atoms with E-state index in [0.29, 0.717) is 23.7 Å². The van der Waals surface area contributed by atoms with Crippen LogP contribution in [0.1, 0.15) is 18.5 Å². The second-order valence-electron chi connectivity index (χ2n) is 3.71. The predicted octanol–water partition coefficient (Wildman–Crippen LogP) is 0.980. The SMILES string of the molecule is O=C(O)CCCc1csc(N2C(=O)C=CC2=O)n1. The normalized spacial score (nSPS) is 14.6. The van der Waals surface area contributed by atoms with Crippen molar-refractivity contribution in [2.45, 2.75) is 19.3 Å². The Morgan fingerprint density at radius 3 is 2.61 bits per heavy atom. The smallest absolute Gasteiger partial charge is 0.303 e. The number of carboxylic acids is 1. The van der Waals surface area contributed by atoms with Crippen LogP contribution in [0.25, 0.3) is 0 Å². The second kappa shape index (κ2) is 5.09. The number of aliphatic carboxylic acids is 1. The third-order valence-corrected chi connectivity index (χ3v) is 3.24. The molecule has 2 rings (SSSR count). The molecule has 0 aromatic carbocycles. The van der Waals surface area contributed by atoms with E-state index in [1.807, 2.05) is 0 Å². The standard InChI is InChI=1S/C11H10N2O4S/c14-8-4-5-9(15)13(8)11-12-7(6-18-11)2-1-3-10(16)17/h4-6H,1-3H2,(H,16,17). The maximum atomic E-state index is 11.4. The fourth-order valence-electron chi connectivity index (χ4n) is 1.52. The summed E-state index contributed by atoms with van der Waals surface area (Å²) in [5, 5.41) is 10.6. The molecule has 0 saturated carbocycles. The Morgan fingerprint density at radius 1 is 1.33 bits per heavy atom. The molecule has 0 atom stereocenters. The first-order valence-corrected chi connectivity index (χ1v) is 6.18. The van der Waals surface area contributed by atoms with Crippen LogP contribution in [-0.2, 0) is 20.8 Å². The largest absolute Gasteiger partial charge is 0.481 e. The number of hydrogen-bond acceptors (Lipinski definition) is 5. The van der Waals surface area contributed by atoms with Crippen LogP contribution in [0.2, 0.25) is 0 Å². The highest BCUT2D eigenvalue weighted by atomic mass is 32.1. The Morgan fingerprint density at radius 2 is 2.00 bits per heavy atom. The van der Waals surface area contributed by atoms with Crippen LogP contribution in [0, 0.1) is 0 Å². The lowest BCUT2D eigenvalue weighted by Crippen LogP contribution is -2.29. The molecule has 1 aromatic rings. The molecular weight excluding hydrogens is 256 g/mol. The molecule has 7 heteroatoms. The van der Waals surface area contributed by atoms with Gasteiger partial charge < -0.3 is 5.11 Å². The monoisotopic (exact) mass is 266 g/mol. The summed E-state index contributed by atoms with van der Waals surface area (Å²) in [5.41, 5.74) is 0.698. The molecule has 94 valence electrons. The number of carbonyl (C=O) groups excluding carboxylic acids is 2. The molecule has 0 aliphatic carbocycles. The van der Waals surface area contributed by atoms with Crippen LogP contribution in [0.4, 0.5) is 5.13 Å². The fourth-order valence-corrected chi connectivity index (χ4v) is 2.39. The van der Waals surface area contributed by atoms with E-state index < -0.39 is 17.8 Å². The Balaban J connectivity index is 2.00. The highest BCUT2D eigenvalue weighted by Crippen LogP contribution is 2.24. The van der Waals surface area contributed by atoms with Crippen molar-refractivity contribution in [3.8, 4) is 0 Å². The van der Waals surface area contributed by atoms with Crippen molar-refractivity contribution in [1.82, 2.24) is 4.98 Å². The van der Waals surface area contributed by atoms with Gasteiger partial charge in [-0.1, -0.05) is 0 Å². The molecule has 2 heterocycles. The van der Waals surface area contributed by atoms with E-state index in [1.165, 1.54) is 23.5 Å². The highest BCUT2D eigenvalue weighted by Gasteiger charge is 2.27. The first-order chi connectivity index (χ1) is 8.58. The minimum atomic E-state index is -0.848. The van der Waals surface area contributed by atoms with E-state index in [-0.39, 0.29) is 6.42 Å². The van der Waals surface area contributed by atoms with E-state index in [4.69, 9.17) is 5.11 Å². The molecule has 0 saturated heterocycles. The lowest BCUT2D eigenvalue weighted by Gasteiger charge is -2.08. The number of hydrogen-bond donors (Lipinski definition) is 1. The number of aryl methyl sites for hydroxylation is 1. The van der Waals surface area contributed by atoms with Crippen LogP contribution in [0.5, 0.6) is 0 Å². The van der Waals surface area contributed by atoms with Gasteiger partial charge >= 0.3 is 5.97 Å². The van der Waals surface area contributed by atoms with E-state index in [1.54, 1.807) is 5.38 Å². The van der Waals surface area contributed by atoms with Gasteiger partial charge in [-0.2, -0.15) is 0 Å². The zero-order chi connectivity index (χ0) is 13.1. The molecule has 1 aliphatic rings. The van der Waals surface area contributed by atoms with Crippen molar-refractivity contribution in [3.63, 3.8) is 0 Å². The summed E-state index contributed by atoms with van der Waals surface area (Å²) in [7, 11) is 0. The molecule has 0 unspecified atom stereocenters. The molecule has 0 spiro atoms. The van der Waals surface area contributed by atoms with E-state index >= 15 is 0 Å². The summed E-state index contributed by atoms with van der Waals surface area (Å²) in [6.45, 7) is 0. The van der Waals surface area contributed by atoms with E-state index in [9.17, 15) is 14.4 Å². The fraction of sp³-hybridized carbons (Fsp3) is 0.273. The van der Waals surface area contributed by atoms with Gasteiger partial charge in [-0.25, -0.2) is 9.88 Å². The van der Waals surface area contributed by atoms with Crippen molar-refractivity contribution in [3.05, 3.63) is 23.2 Å². The van der Waals surface area contributed by atoms with Crippen molar-refractivity contribution in [2.75, 3.05) is 4.90 Å². The predicted molar refractivity (Wildman–Crippen MR) is 64.3 cm³/mol. The molecular formula is C11H10N2O4S. The lowest BCUT2D eigenvalue weighted by molar-refractivity contribution is -0.137. The van der Waals surface area contributed by atoms with Gasteiger partial charge in [0, 0.05) is 24.0 Å². The lowest BCUT2D eigenvalue weighted by atomic mass is 10.2. The van der Waals surface area contributed by atoms with Gasteiger partial charge in [-0.3, -0.25) is 14.4 Å². The van der Waals surface area contributed by atoms with Crippen molar-refractivity contribution >= 4 is 34.3 Å². The first kappa shape index (κ1) is 12.4. The number of carboxylic acid groups (broad SMARTS) is 1. The van der Waals surface area contributed by atoms with Gasteiger partial charge in [-0.05, 0) is 12.8 Å². The number of nitrogens with zero attached hydrogens (tertiary/aromatic N) is 2. The quantitative estimate of drug-likeness (QED) is 0.803. The van der Waals surface area contributed by atoms with Crippen LogP contribution in [-0.4, -0.2) is 27.9 Å². The van der Waals surface area contributed by atoms with Crippen molar-refractivity contribution < 1.29 is 19.5 Å². The number of thiazole rings is 1. The number of anilines is 1. The molecule has 1 aliphatic heterocycles. The van der Waals surface area contributed by atoms with Gasteiger partial charge in [0.1, 0.15) is 0 Å². The van der Waals surface area contributed by atoms with Gasteiger partial charge in [0.2, 0.25) is 0 Å². The number of rotatable bonds is 5. The number of imide groups is 1. The summed E-state index contributed by atoms with van der Waals surface area (Å²) in [4.78, 5) is 38.3. The highest BCUT2D eigenvalue weighted by molar-refractivity contribution is 7.14. The molecule has 1 N–H and O–H groups in total. The summed E-state index contributed by atoms with van der Waals surface area (Å²) < 4.78 is 0. The minimum Gasteiger partial charge on any atom is -0.481 e. The van der Waals surface area contributed by atoms with Crippen LogP contribution < -0.4 is 4.90 Å². The Bertz CT molecular complexity index is 517. The maximum absolute atomic E-state index is 11.4. The molecule has 1 aromatic heterocycles. The van der Waals surface area contributed by atoms with Crippen molar-refractivity contribution in [1.29, 1.82) is 0 Å². The first-order valence-electron chi connectivity index (χ1n) is 5.30. The van der Waals surface area contributed by atoms with Gasteiger partial charge in [0.15, 0.2) is 5.13 Å². The molecule has 0 fully saturated rings. The Hall–Kier alpha value is -2.02. The summed E-state index contributed by atoms with van der Waals surface area (Å²) in [5.74, 6) is -1.64. The molecule has 0 radical (unpaired) electrons. The zero-order valence-corrected chi connectivity index (χ0v) is 10.1. The van der Waals surface area contributed by atoms with Crippen LogP contribution >= 0.6 is 11.3 Å². The van der Waals surface area contributed by atoms with Gasteiger partial charge in [-0.15, -0.1) is 11.3 Å². The summed E-state index contributed by atoms with van der Waals surface area (Å²) in [6, 6.07) is 0. The summed E-state index contributed by atoms with van der Waals surface area (Å²) >= 11 is 1.20. The Labute approximate surface area is 107 Å². The number of carbonyl (C=O) groups is 3. The molecule has 0 bridgehead atoms. The van der Waals surface area contributed by atoms with Crippen LogP contribution in [0.3, 0.4) is 0 Å². The third-order valence-electron chi connectivity index (χ3n) is 2.36. The average Bonchev–Trinajstić information content (AvgIpc) is 2.86. The second-order valence-corrected chi connectivity index (χ2v) is 4.55. The topological polar surface area (TPSA) is 87.6 Å². The average molecular weight is 266 g/mol. The minimum absolute atomic E-state index is 0.0794. The number of aromatic nitrogens is 1. The van der Waals surface area contributed by atoms with Gasteiger partial charge in [0.05, 0.1) is 5.69 Å². The summed E-state index contributed by atoms with van der Waals surface area (Å²) in [6.07, 6.45) is 3.49. The maximum Gasteiger partial charge on any atom is 0.303 e. The number of amides is 2. The van der Waals surface area contributed by atoms with Gasteiger partial charge in [0.25, 0.3) is 11.8 Å². The Kier molecular flexibility index (Phi) is 3.52.